The number of aromatic nitrogens is 1. The molecule has 0 saturated carbocycles. The molecular weight excluding hydrogens is 320 g/mol. The fourth-order valence-corrected chi connectivity index (χ4v) is 3.97. The Morgan fingerprint density at radius 2 is 1.95 bits per heavy atom. The first-order chi connectivity index (χ1) is 10.3. The first-order valence-electron chi connectivity index (χ1n) is 7.29. The van der Waals surface area contributed by atoms with E-state index in [1.165, 1.54) is 11.8 Å². The quantitative estimate of drug-likeness (QED) is 0.806. The van der Waals surface area contributed by atoms with Crippen LogP contribution in [0.1, 0.15) is 25.3 Å². The number of sulfone groups is 1. The molecule has 6 heteroatoms. The van der Waals surface area contributed by atoms with E-state index in [1.807, 2.05) is 6.07 Å². The Kier molecular flexibility index (Phi) is 3.81. The molecular formula is C16H19ClN2O2S. The van der Waals surface area contributed by atoms with Crippen LogP contribution in [0.3, 0.4) is 0 Å². The van der Waals surface area contributed by atoms with Gasteiger partial charge in [-0.3, -0.25) is 0 Å². The van der Waals surface area contributed by atoms with Gasteiger partial charge in [-0.25, -0.2) is 13.4 Å². The van der Waals surface area contributed by atoms with Crippen molar-refractivity contribution in [2.24, 2.45) is 0 Å². The number of pyridine rings is 1. The summed E-state index contributed by atoms with van der Waals surface area (Å²) >= 11 is 6.05. The SMILES string of the molecule is CC(C)c1ccc(N2CC(S(C)(=O)=O)C2)c2cnc(Cl)cc12. The van der Waals surface area contributed by atoms with Gasteiger partial charge in [0.15, 0.2) is 9.84 Å². The largest absolute Gasteiger partial charge is 0.368 e. The van der Waals surface area contributed by atoms with Gasteiger partial charge < -0.3 is 4.90 Å². The van der Waals surface area contributed by atoms with Crippen LogP contribution in [0.2, 0.25) is 5.15 Å². The predicted molar refractivity (Wildman–Crippen MR) is 91.7 cm³/mol. The van der Waals surface area contributed by atoms with E-state index in [-0.39, 0.29) is 5.25 Å². The highest BCUT2D eigenvalue weighted by atomic mass is 35.5. The van der Waals surface area contributed by atoms with E-state index < -0.39 is 9.84 Å². The zero-order valence-electron chi connectivity index (χ0n) is 12.9. The first-order valence-corrected chi connectivity index (χ1v) is 9.62. The minimum atomic E-state index is -2.97. The smallest absolute Gasteiger partial charge is 0.153 e. The maximum Gasteiger partial charge on any atom is 0.153 e. The highest BCUT2D eigenvalue weighted by molar-refractivity contribution is 7.91. The molecule has 4 nitrogen and oxygen atoms in total. The highest BCUT2D eigenvalue weighted by Gasteiger charge is 2.35. The van der Waals surface area contributed by atoms with Crippen LogP contribution in [-0.4, -0.2) is 38.0 Å². The maximum absolute atomic E-state index is 11.6. The van der Waals surface area contributed by atoms with Crippen molar-refractivity contribution in [2.75, 3.05) is 24.2 Å². The summed E-state index contributed by atoms with van der Waals surface area (Å²) in [5.41, 5.74) is 2.26. The van der Waals surface area contributed by atoms with E-state index in [4.69, 9.17) is 11.6 Å². The molecule has 0 N–H and O–H groups in total. The van der Waals surface area contributed by atoms with Crippen molar-refractivity contribution in [1.29, 1.82) is 0 Å². The summed E-state index contributed by atoms with van der Waals surface area (Å²) in [4.78, 5) is 6.29. The van der Waals surface area contributed by atoms with Crippen molar-refractivity contribution in [1.82, 2.24) is 4.98 Å². The van der Waals surface area contributed by atoms with E-state index in [9.17, 15) is 8.42 Å². The summed E-state index contributed by atoms with van der Waals surface area (Å²) in [5.74, 6) is 0.384. The van der Waals surface area contributed by atoms with Crippen molar-refractivity contribution in [3.63, 3.8) is 0 Å². The zero-order valence-corrected chi connectivity index (χ0v) is 14.4. The van der Waals surface area contributed by atoms with Crippen molar-refractivity contribution >= 4 is 37.9 Å². The number of benzene rings is 1. The lowest BCUT2D eigenvalue weighted by Crippen LogP contribution is -2.54. The molecule has 2 aromatic rings. The Hall–Kier alpha value is -1.33. The van der Waals surface area contributed by atoms with Gasteiger partial charge in [0.2, 0.25) is 0 Å². The fraction of sp³-hybridized carbons (Fsp3) is 0.438. The van der Waals surface area contributed by atoms with E-state index in [1.54, 1.807) is 6.20 Å². The van der Waals surface area contributed by atoms with Gasteiger partial charge in [0.05, 0.1) is 5.25 Å². The molecule has 0 aliphatic carbocycles. The molecule has 3 rings (SSSR count). The average Bonchev–Trinajstić information content (AvgIpc) is 2.34. The summed E-state index contributed by atoms with van der Waals surface area (Å²) in [7, 11) is -2.97. The second-order valence-electron chi connectivity index (χ2n) is 6.24. The minimum Gasteiger partial charge on any atom is -0.368 e. The Morgan fingerprint density at radius 3 is 2.55 bits per heavy atom. The normalized spacial score (nSPS) is 16.3. The molecule has 0 amide bonds. The minimum absolute atomic E-state index is 0.271. The zero-order chi connectivity index (χ0) is 16.1. The van der Waals surface area contributed by atoms with E-state index in [0.717, 1.165) is 16.5 Å². The van der Waals surface area contributed by atoms with Gasteiger partial charge in [-0.05, 0) is 29.0 Å². The monoisotopic (exact) mass is 338 g/mol. The number of halogens is 1. The second-order valence-corrected chi connectivity index (χ2v) is 8.95. The molecule has 1 aliphatic rings. The van der Waals surface area contributed by atoms with Crippen LogP contribution in [0.15, 0.2) is 24.4 Å². The standard InChI is InChI=1S/C16H19ClN2O2S/c1-10(2)12-4-5-15(14-7-18-16(17)6-13(12)14)19-8-11(9-19)22(3,20)21/h4-7,10-11H,8-9H2,1-3H3. The summed E-state index contributed by atoms with van der Waals surface area (Å²) in [6.45, 7) is 5.37. The molecule has 0 atom stereocenters. The van der Waals surface area contributed by atoms with E-state index in [2.05, 4.69) is 35.9 Å². The molecule has 1 aromatic carbocycles. The average molecular weight is 339 g/mol. The number of nitrogens with zero attached hydrogens (tertiary/aromatic N) is 2. The third-order valence-corrected chi connectivity index (χ3v) is 6.01. The number of anilines is 1. The van der Waals surface area contributed by atoms with Gasteiger partial charge in [0, 0.05) is 36.6 Å². The summed E-state index contributed by atoms with van der Waals surface area (Å²) < 4.78 is 23.2. The van der Waals surface area contributed by atoms with E-state index in [0.29, 0.717) is 24.2 Å². The highest BCUT2D eigenvalue weighted by Crippen LogP contribution is 2.36. The third kappa shape index (κ3) is 2.68. The van der Waals surface area contributed by atoms with Crippen molar-refractivity contribution < 1.29 is 8.42 Å². The number of fused-ring (bicyclic) bond motifs is 1. The summed E-state index contributed by atoms with van der Waals surface area (Å²) in [6, 6.07) is 6.06. The molecule has 22 heavy (non-hydrogen) atoms. The van der Waals surface area contributed by atoms with Crippen LogP contribution < -0.4 is 4.90 Å². The molecule has 0 radical (unpaired) electrons. The Bertz CT molecular complexity index is 827. The molecule has 1 saturated heterocycles. The second kappa shape index (κ2) is 5.39. The molecule has 0 unspecified atom stereocenters. The van der Waals surface area contributed by atoms with Crippen LogP contribution in [0.4, 0.5) is 5.69 Å². The summed E-state index contributed by atoms with van der Waals surface area (Å²) in [6.07, 6.45) is 3.09. The van der Waals surface area contributed by atoms with Crippen LogP contribution >= 0.6 is 11.6 Å². The van der Waals surface area contributed by atoms with Gasteiger partial charge in [0.25, 0.3) is 0 Å². The van der Waals surface area contributed by atoms with Gasteiger partial charge in [-0.1, -0.05) is 31.5 Å². The lowest BCUT2D eigenvalue weighted by Gasteiger charge is -2.40. The van der Waals surface area contributed by atoms with Crippen LogP contribution in [-0.2, 0) is 9.84 Å². The predicted octanol–water partition coefficient (Wildman–Crippen LogP) is 3.24. The topological polar surface area (TPSA) is 50.3 Å². The maximum atomic E-state index is 11.6. The van der Waals surface area contributed by atoms with Crippen LogP contribution in [0.5, 0.6) is 0 Å². The lowest BCUT2D eigenvalue weighted by atomic mass is 9.95. The van der Waals surface area contributed by atoms with Gasteiger partial charge in [0.1, 0.15) is 5.15 Å². The van der Waals surface area contributed by atoms with Gasteiger partial charge in [-0.2, -0.15) is 0 Å². The van der Waals surface area contributed by atoms with Gasteiger partial charge >= 0.3 is 0 Å². The third-order valence-electron chi connectivity index (χ3n) is 4.29. The number of hydrogen-bond donors (Lipinski definition) is 0. The number of rotatable bonds is 3. The Labute approximate surface area is 136 Å². The molecule has 1 fully saturated rings. The van der Waals surface area contributed by atoms with Crippen LogP contribution in [0, 0.1) is 0 Å². The summed E-state index contributed by atoms with van der Waals surface area (Å²) in [5, 5.41) is 2.33. The van der Waals surface area contributed by atoms with Crippen molar-refractivity contribution in [3.8, 4) is 0 Å². The number of hydrogen-bond acceptors (Lipinski definition) is 4. The molecule has 1 aromatic heterocycles. The Morgan fingerprint density at radius 1 is 1.27 bits per heavy atom. The van der Waals surface area contributed by atoms with Gasteiger partial charge in [-0.15, -0.1) is 0 Å². The molecule has 118 valence electrons. The molecule has 1 aliphatic heterocycles. The first kappa shape index (κ1) is 15.6. The molecule has 2 heterocycles. The Balaban J connectivity index is 2.04. The molecule has 0 bridgehead atoms. The van der Waals surface area contributed by atoms with Crippen molar-refractivity contribution in [2.45, 2.75) is 25.0 Å². The van der Waals surface area contributed by atoms with E-state index >= 15 is 0 Å². The lowest BCUT2D eigenvalue weighted by molar-refractivity contribution is 0.547. The van der Waals surface area contributed by atoms with Crippen molar-refractivity contribution in [3.05, 3.63) is 35.1 Å². The fourth-order valence-electron chi connectivity index (χ4n) is 2.91. The molecule has 0 spiro atoms. The van der Waals surface area contributed by atoms with Crippen LogP contribution in [0.25, 0.3) is 10.8 Å².